The molecule has 5 nitrogen and oxygen atoms in total. The number of sulfone groups is 1. The monoisotopic (exact) mass is 383 g/mol. The number of fused-ring (bicyclic) bond motifs is 1. The molecule has 0 radical (unpaired) electrons. The molecule has 142 valence electrons. The molecule has 0 saturated carbocycles. The van der Waals surface area contributed by atoms with Crippen LogP contribution in [0.5, 0.6) is 0 Å². The topological polar surface area (TPSA) is 53.5 Å². The van der Waals surface area contributed by atoms with Gasteiger partial charge in [-0.25, -0.2) is 8.42 Å². The Bertz CT molecular complexity index is 884. The lowest BCUT2D eigenvalue weighted by molar-refractivity contribution is 0.0472. The highest BCUT2D eigenvalue weighted by Gasteiger charge is 2.46. The number of rotatable bonds is 5. The minimum absolute atomic E-state index is 0.0517. The Hall–Kier alpha value is -2.02. The van der Waals surface area contributed by atoms with Gasteiger partial charge in [0.15, 0.2) is 9.84 Å². The summed E-state index contributed by atoms with van der Waals surface area (Å²) in [6, 6.07) is 16.2. The quantitative estimate of drug-likeness (QED) is 0.791. The molecule has 2 saturated heterocycles. The van der Waals surface area contributed by atoms with Gasteiger partial charge in [-0.2, -0.15) is 0 Å². The maximum atomic E-state index is 12.3. The van der Waals surface area contributed by atoms with Crippen LogP contribution in [-0.2, 0) is 16.4 Å². The van der Waals surface area contributed by atoms with E-state index < -0.39 is 9.84 Å². The van der Waals surface area contributed by atoms with E-state index in [9.17, 15) is 8.42 Å². The second-order valence-electron chi connectivity index (χ2n) is 7.31. The molecule has 2 fully saturated rings. The van der Waals surface area contributed by atoms with Crippen LogP contribution >= 0.6 is 0 Å². The molecule has 0 spiro atoms. The van der Waals surface area contributed by atoms with E-state index in [1.54, 1.807) is 6.20 Å². The van der Waals surface area contributed by atoms with Crippen molar-refractivity contribution in [1.82, 2.24) is 14.8 Å². The number of hydrogen-bond donors (Lipinski definition) is 0. The Morgan fingerprint density at radius 3 is 2.41 bits per heavy atom. The van der Waals surface area contributed by atoms with Crippen LogP contribution in [0.2, 0.25) is 0 Å². The van der Waals surface area contributed by atoms with Gasteiger partial charge in [-0.3, -0.25) is 14.8 Å². The normalized spacial score (nSPS) is 25.6. The van der Waals surface area contributed by atoms with Gasteiger partial charge in [-0.05, 0) is 17.7 Å². The molecule has 0 bridgehead atoms. The van der Waals surface area contributed by atoms with Crippen LogP contribution in [0.15, 0.2) is 60.8 Å². The molecule has 2 atom stereocenters. The highest BCUT2D eigenvalue weighted by molar-refractivity contribution is 7.91. The summed E-state index contributed by atoms with van der Waals surface area (Å²) in [6.45, 7) is 3.24. The van der Waals surface area contributed by atoms with Crippen LogP contribution in [0.4, 0.5) is 0 Å². The molecule has 2 aliphatic heterocycles. The Kier molecular flexibility index (Phi) is 5.38. The molecule has 0 amide bonds. The van der Waals surface area contributed by atoms with Crippen molar-refractivity contribution in [2.75, 3.05) is 31.1 Å². The second-order valence-corrected chi connectivity index (χ2v) is 9.46. The van der Waals surface area contributed by atoms with Crippen molar-refractivity contribution >= 4 is 15.9 Å². The molecule has 2 unspecified atom stereocenters. The summed E-state index contributed by atoms with van der Waals surface area (Å²) in [6.07, 6.45) is 6.05. The third-order valence-electron chi connectivity index (χ3n) is 5.45. The second kappa shape index (κ2) is 7.92. The zero-order chi connectivity index (χ0) is 18.7. The lowest BCUT2D eigenvalue weighted by atomic mass is 10.0. The molecule has 1 aromatic heterocycles. The van der Waals surface area contributed by atoms with Crippen LogP contribution in [0.3, 0.4) is 0 Å². The number of benzene rings is 1. The first-order valence-electron chi connectivity index (χ1n) is 9.41. The number of piperazine rings is 1. The fourth-order valence-electron chi connectivity index (χ4n) is 4.11. The van der Waals surface area contributed by atoms with E-state index in [0.29, 0.717) is 6.54 Å². The van der Waals surface area contributed by atoms with Crippen molar-refractivity contribution in [2.45, 2.75) is 18.6 Å². The highest BCUT2D eigenvalue weighted by Crippen LogP contribution is 2.28. The lowest BCUT2D eigenvalue weighted by Gasteiger charge is -2.43. The summed E-state index contributed by atoms with van der Waals surface area (Å²) in [4.78, 5) is 9.03. The Balaban J connectivity index is 1.46. The average molecular weight is 384 g/mol. The third kappa shape index (κ3) is 4.46. The Labute approximate surface area is 161 Å². The first-order valence-corrected chi connectivity index (χ1v) is 11.2. The highest BCUT2D eigenvalue weighted by atomic mass is 32.2. The first kappa shape index (κ1) is 18.3. The van der Waals surface area contributed by atoms with E-state index in [4.69, 9.17) is 0 Å². The third-order valence-corrected chi connectivity index (χ3v) is 7.15. The molecule has 3 heterocycles. The van der Waals surface area contributed by atoms with Gasteiger partial charge in [-0.1, -0.05) is 48.6 Å². The van der Waals surface area contributed by atoms with E-state index in [-0.39, 0.29) is 23.6 Å². The van der Waals surface area contributed by atoms with Gasteiger partial charge in [0.2, 0.25) is 0 Å². The maximum absolute atomic E-state index is 12.3. The minimum Gasteiger partial charge on any atom is -0.293 e. The summed E-state index contributed by atoms with van der Waals surface area (Å²) in [7, 11) is -2.99. The largest absolute Gasteiger partial charge is 0.293 e. The molecular formula is C21H25N3O2S. The van der Waals surface area contributed by atoms with E-state index in [1.165, 1.54) is 5.56 Å². The predicted octanol–water partition coefficient (Wildman–Crippen LogP) is 2.08. The standard InChI is InChI=1S/C21H25N3O2S/c25-27(26)16-20-21(17-27)24(15-19-10-4-5-11-22-19)14-13-23(20)12-6-9-18-7-2-1-3-8-18/h1-11,20-21H,12-17H2. The van der Waals surface area contributed by atoms with Crippen LogP contribution < -0.4 is 0 Å². The SMILES string of the molecule is O=S1(=O)CC2C(C1)N(Cc1ccccn1)CCN2CC=Cc1ccccc1. The number of aromatic nitrogens is 1. The molecule has 2 aromatic rings. The summed E-state index contributed by atoms with van der Waals surface area (Å²) in [5.74, 6) is 0.513. The number of nitrogens with zero attached hydrogens (tertiary/aromatic N) is 3. The molecule has 1 aromatic carbocycles. The Morgan fingerprint density at radius 1 is 0.963 bits per heavy atom. The van der Waals surface area contributed by atoms with Gasteiger partial charge in [-0.15, -0.1) is 0 Å². The van der Waals surface area contributed by atoms with Crippen LogP contribution in [-0.4, -0.2) is 66.4 Å². The molecule has 2 aliphatic rings. The zero-order valence-corrected chi connectivity index (χ0v) is 16.1. The molecule has 27 heavy (non-hydrogen) atoms. The fourth-order valence-corrected chi connectivity index (χ4v) is 6.15. The molecule has 0 N–H and O–H groups in total. The van der Waals surface area contributed by atoms with E-state index in [2.05, 4.69) is 39.1 Å². The van der Waals surface area contributed by atoms with E-state index in [0.717, 1.165) is 25.3 Å². The Morgan fingerprint density at radius 2 is 1.67 bits per heavy atom. The van der Waals surface area contributed by atoms with Crippen LogP contribution in [0, 0.1) is 0 Å². The summed E-state index contributed by atoms with van der Waals surface area (Å²) in [5.41, 5.74) is 2.17. The van der Waals surface area contributed by atoms with Crippen LogP contribution in [0.25, 0.3) is 6.08 Å². The summed E-state index contributed by atoms with van der Waals surface area (Å²) >= 11 is 0. The smallest absolute Gasteiger partial charge is 0.153 e. The maximum Gasteiger partial charge on any atom is 0.153 e. The predicted molar refractivity (Wildman–Crippen MR) is 108 cm³/mol. The van der Waals surface area contributed by atoms with Crippen molar-refractivity contribution in [3.05, 3.63) is 72.1 Å². The summed E-state index contributed by atoms with van der Waals surface area (Å²) in [5, 5.41) is 0. The fraction of sp³-hybridized carbons (Fsp3) is 0.381. The van der Waals surface area contributed by atoms with Gasteiger partial charge in [0.05, 0.1) is 17.2 Å². The van der Waals surface area contributed by atoms with E-state index >= 15 is 0 Å². The molecule has 0 aliphatic carbocycles. The number of hydrogen-bond acceptors (Lipinski definition) is 5. The van der Waals surface area contributed by atoms with Gasteiger partial charge < -0.3 is 0 Å². The first-order chi connectivity index (χ1) is 13.1. The van der Waals surface area contributed by atoms with Gasteiger partial charge >= 0.3 is 0 Å². The van der Waals surface area contributed by atoms with Crippen LogP contribution in [0.1, 0.15) is 11.3 Å². The van der Waals surface area contributed by atoms with Crippen molar-refractivity contribution < 1.29 is 8.42 Å². The zero-order valence-electron chi connectivity index (χ0n) is 15.3. The van der Waals surface area contributed by atoms with Crippen molar-refractivity contribution in [2.24, 2.45) is 0 Å². The molecule has 4 rings (SSSR count). The van der Waals surface area contributed by atoms with Crippen molar-refractivity contribution in [1.29, 1.82) is 0 Å². The van der Waals surface area contributed by atoms with Crippen molar-refractivity contribution in [3.8, 4) is 0 Å². The minimum atomic E-state index is -2.99. The lowest BCUT2D eigenvalue weighted by Crippen LogP contribution is -2.58. The van der Waals surface area contributed by atoms with Gasteiger partial charge in [0, 0.05) is 44.5 Å². The molecule has 6 heteroatoms. The van der Waals surface area contributed by atoms with Gasteiger partial charge in [0.1, 0.15) is 0 Å². The van der Waals surface area contributed by atoms with Crippen molar-refractivity contribution in [3.63, 3.8) is 0 Å². The summed E-state index contributed by atoms with van der Waals surface area (Å²) < 4.78 is 24.7. The molecular weight excluding hydrogens is 358 g/mol. The average Bonchev–Trinajstić information content (AvgIpc) is 3.01. The van der Waals surface area contributed by atoms with Gasteiger partial charge in [0.25, 0.3) is 0 Å². The van der Waals surface area contributed by atoms with E-state index in [1.807, 2.05) is 36.4 Å². The number of pyridine rings is 1.